The number of fused-ring (bicyclic) bond motifs is 1. The van der Waals surface area contributed by atoms with E-state index in [4.69, 9.17) is 16.0 Å². The molecule has 7 heteroatoms. The van der Waals surface area contributed by atoms with Gasteiger partial charge in [-0.15, -0.1) is 0 Å². The number of nitrogens with zero attached hydrogens (tertiary/aromatic N) is 3. The standard InChI is InChI=1S/C24H27ClN4OS/c25-20-7-5-17(6-8-20)13-23(30)26-15-18-14-19(18)16-28-9-11-29(12-10-28)24-21-3-1-2-4-22(21)31-27-24/h1-8,18-19H,9-16H2,(H,26,30). The van der Waals surface area contributed by atoms with Gasteiger partial charge in [-0.2, -0.15) is 4.37 Å². The second-order valence-electron chi connectivity index (χ2n) is 8.65. The minimum atomic E-state index is 0.0945. The molecule has 2 aliphatic rings. The Morgan fingerprint density at radius 1 is 1.06 bits per heavy atom. The van der Waals surface area contributed by atoms with Crippen LogP contribution in [0.5, 0.6) is 0 Å². The molecular formula is C24H27ClN4OS. The quantitative estimate of drug-likeness (QED) is 0.584. The van der Waals surface area contributed by atoms with Gasteiger partial charge in [0.15, 0.2) is 0 Å². The number of aromatic nitrogens is 1. The molecule has 1 N–H and O–H groups in total. The minimum Gasteiger partial charge on any atom is -0.356 e. The molecule has 5 rings (SSSR count). The van der Waals surface area contributed by atoms with E-state index in [2.05, 4.69) is 39.4 Å². The van der Waals surface area contributed by atoms with E-state index in [1.165, 1.54) is 16.5 Å². The maximum atomic E-state index is 12.2. The van der Waals surface area contributed by atoms with Crippen LogP contribution in [0.15, 0.2) is 48.5 Å². The number of hydrogen-bond acceptors (Lipinski definition) is 5. The van der Waals surface area contributed by atoms with Crippen LogP contribution in [0.3, 0.4) is 0 Å². The number of benzene rings is 2. The molecule has 2 unspecified atom stereocenters. The summed E-state index contributed by atoms with van der Waals surface area (Å²) in [7, 11) is 0. The predicted molar refractivity (Wildman–Crippen MR) is 128 cm³/mol. The molecule has 1 aliphatic carbocycles. The lowest BCUT2D eigenvalue weighted by Gasteiger charge is -2.35. The summed E-state index contributed by atoms with van der Waals surface area (Å²) >= 11 is 7.49. The molecule has 162 valence electrons. The van der Waals surface area contributed by atoms with E-state index in [9.17, 15) is 4.79 Å². The van der Waals surface area contributed by atoms with Gasteiger partial charge < -0.3 is 10.2 Å². The Balaban J connectivity index is 1.03. The molecule has 31 heavy (non-hydrogen) atoms. The molecule has 1 aromatic heterocycles. The summed E-state index contributed by atoms with van der Waals surface area (Å²) in [5, 5.41) is 5.09. The summed E-state index contributed by atoms with van der Waals surface area (Å²) in [5.41, 5.74) is 1.00. The van der Waals surface area contributed by atoms with Crippen LogP contribution in [0, 0.1) is 11.8 Å². The average Bonchev–Trinajstić information content (AvgIpc) is 3.38. The van der Waals surface area contributed by atoms with E-state index in [1.54, 1.807) is 11.5 Å². The highest BCUT2D eigenvalue weighted by molar-refractivity contribution is 7.13. The number of halogens is 1. The summed E-state index contributed by atoms with van der Waals surface area (Å²) in [4.78, 5) is 17.2. The zero-order chi connectivity index (χ0) is 21.2. The van der Waals surface area contributed by atoms with Crippen molar-refractivity contribution < 1.29 is 4.79 Å². The van der Waals surface area contributed by atoms with Crippen molar-refractivity contribution in [2.45, 2.75) is 12.8 Å². The fraction of sp³-hybridized carbons (Fsp3) is 0.417. The second kappa shape index (κ2) is 9.15. The van der Waals surface area contributed by atoms with Gasteiger partial charge in [-0.3, -0.25) is 9.69 Å². The number of anilines is 1. The third-order valence-electron chi connectivity index (χ3n) is 6.43. The van der Waals surface area contributed by atoms with Crippen molar-refractivity contribution in [1.29, 1.82) is 0 Å². The third kappa shape index (κ3) is 5.03. The molecule has 5 nitrogen and oxygen atoms in total. The Kier molecular flexibility index (Phi) is 6.12. The second-order valence-corrected chi connectivity index (χ2v) is 9.89. The van der Waals surface area contributed by atoms with Gasteiger partial charge in [-0.1, -0.05) is 35.9 Å². The van der Waals surface area contributed by atoms with Crippen molar-refractivity contribution in [3.63, 3.8) is 0 Å². The summed E-state index contributed by atoms with van der Waals surface area (Å²) < 4.78 is 5.97. The van der Waals surface area contributed by atoms with Crippen molar-refractivity contribution in [3.05, 3.63) is 59.1 Å². The Labute approximate surface area is 192 Å². The Morgan fingerprint density at radius 3 is 2.65 bits per heavy atom. The van der Waals surface area contributed by atoms with Crippen molar-refractivity contribution in [1.82, 2.24) is 14.6 Å². The van der Waals surface area contributed by atoms with Gasteiger partial charge in [0.25, 0.3) is 0 Å². The van der Waals surface area contributed by atoms with E-state index < -0.39 is 0 Å². The number of carbonyl (C=O) groups excluding carboxylic acids is 1. The first-order valence-electron chi connectivity index (χ1n) is 11.0. The molecule has 0 spiro atoms. The van der Waals surface area contributed by atoms with Crippen LogP contribution in [-0.4, -0.2) is 54.4 Å². The lowest BCUT2D eigenvalue weighted by Crippen LogP contribution is -2.47. The lowest BCUT2D eigenvalue weighted by molar-refractivity contribution is -0.120. The molecule has 2 heterocycles. The van der Waals surface area contributed by atoms with Crippen LogP contribution in [-0.2, 0) is 11.2 Å². The minimum absolute atomic E-state index is 0.0945. The highest BCUT2D eigenvalue weighted by Gasteiger charge is 2.38. The normalized spacial score (nSPS) is 21.4. The van der Waals surface area contributed by atoms with Crippen LogP contribution in [0.25, 0.3) is 10.1 Å². The average molecular weight is 455 g/mol. The van der Waals surface area contributed by atoms with Gasteiger partial charge in [-0.25, -0.2) is 0 Å². The van der Waals surface area contributed by atoms with Crippen LogP contribution in [0.1, 0.15) is 12.0 Å². The number of piperazine rings is 1. The Hall–Kier alpha value is -2.15. The van der Waals surface area contributed by atoms with Crippen molar-refractivity contribution in [3.8, 4) is 0 Å². The molecule has 1 saturated carbocycles. The van der Waals surface area contributed by atoms with Crippen molar-refractivity contribution in [2.24, 2.45) is 11.8 Å². The molecule has 3 aromatic rings. The van der Waals surface area contributed by atoms with Crippen molar-refractivity contribution in [2.75, 3.05) is 44.2 Å². The van der Waals surface area contributed by atoms with Gasteiger partial charge in [0.1, 0.15) is 5.82 Å². The molecule has 2 atom stereocenters. The monoisotopic (exact) mass is 454 g/mol. The zero-order valence-electron chi connectivity index (χ0n) is 17.5. The smallest absolute Gasteiger partial charge is 0.224 e. The molecule has 2 fully saturated rings. The van der Waals surface area contributed by atoms with Crippen LogP contribution >= 0.6 is 23.1 Å². The van der Waals surface area contributed by atoms with Gasteiger partial charge in [-0.05, 0) is 59.6 Å². The zero-order valence-corrected chi connectivity index (χ0v) is 19.0. The molecule has 0 radical (unpaired) electrons. The number of rotatable bonds is 7. The highest BCUT2D eigenvalue weighted by atomic mass is 35.5. The number of amides is 1. The predicted octanol–water partition coefficient (Wildman–Crippen LogP) is 4.07. The number of hydrogen-bond donors (Lipinski definition) is 1. The van der Waals surface area contributed by atoms with E-state index in [0.29, 0.717) is 23.3 Å². The summed E-state index contributed by atoms with van der Waals surface area (Å²) in [6, 6.07) is 16.0. The Bertz CT molecular complexity index is 1050. The van der Waals surface area contributed by atoms with Crippen LogP contribution < -0.4 is 10.2 Å². The summed E-state index contributed by atoms with van der Waals surface area (Å²) in [6.45, 7) is 6.16. The van der Waals surface area contributed by atoms with E-state index in [0.717, 1.165) is 50.6 Å². The first-order valence-corrected chi connectivity index (χ1v) is 12.1. The fourth-order valence-electron chi connectivity index (χ4n) is 4.45. The van der Waals surface area contributed by atoms with E-state index in [-0.39, 0.29) is 5.91 Å². The Morgan fingerprint density at radius 2 is 1.84 bits per heavy atom. The fourth-order valence-corrected chi connectivity index (χ4v) is 5.38. The van der Waals surface area contributed by atoms with Gasteiger partial charge in [0, 0.05) is 49.7 Å². The van der Waals surface area contributed by atoms with Crippen LogP contribution in [0.2, 0.25) is 5.02 Å². The SMILES string of the molecule is O=C(Cc1ccc(Cl)cc1)NCC1CC1CN1CCN(c2nsc3ccccc23)CC1. The molecule has 1 aliphatic heterocycles. The number of carbonyl (C=O) groups is 1. The molecule has 1 amide bonds. The van der Waals surface area contributed by atoms with Gasteiger partial charge >= 0.3 is 0 Å². The highest BCUT2D eigenvalue weighted by Crippen LogP contribution is 2.39. The van der Waals surface area contributed by atoms with Crippen LogP contribution in [0.4, 0.5) is 5.82 Å². The van der Waals surface area contributed by atoms with E-state index in [1.807, 2.05) is 24.3 Å². The van der Waals surface area contributed by atoms with Crippen molar-refractivity contribution >= 4 is 44.9 Å². The molecule has 0 bridgehead atoms. The molecule has 1 saturated heterocycles. The molecule has 2 aromatic carbocycles. The van der Waals surface area contributed by atoms with Gasteiger partial charge in [0.2, 0.25) is 5.91 Å². The maximum absolute atomic E-state index is 12.2. The maximum Gasteiger partial charge on any atom is 0.224 e. The summed E-state index contributed by atoms with van der Waals surface area (Å²) in [6.07, 6.45) is 1.64. The topological polar surface area (TPSA) is 48.5 Å². The number of nitrogens with one attached hydrogen (secondary N) is 1. The first-order chi connectivity index (χ1) is 15.2. The van der Waals surface area contributed by atoms with Gasteiger partial charge in [0.05, 0.1) is 11.1 Å². The summed E-state index contributed by atoms with van der Waals surface area (Å²) in [5.74, 6) is 2.57. The third-order valence-corrected chi connectivity index (χ3v) is 7.50. The lowest BCUT2D eigenvalue weighted by atomic mass is 10.1. The largest absolute Gasteiger partial charge is 0.356 e. The molecular weight excluding hydrogens is 428 g/mol. The van der Waals surface area contributed by atoms with E-state index >= 15 is 0 Å². The first kappa shape index (κ1) is 20.7.